The molecule has 8 heteroatoms. The molecule has 2 heterocycles. The predicted octanol–water partition coefficient (Wildman–Crippen LogP) is 3.37. The van der Waals surface area contributed by atoms with Crippen molar-refractivity contribution < 1.29 is 4.79 Å². The molecule has 0 aliphatic heterocycles. The van der Waals surface area contributed by atoms with E-state index in [-0.39, 0.29) is 5.91 Å². The van der Waals surface area contributed by atoms with Crippen LogP contribution in [0.2, 0.25) is 0 Å². The molecule has 1 unspecified atom stereocenters. The van der Waals surface area contributed by atoms with Gasteiger partial charge in [0.1, 0.15) is 6.04 Å². The van der Waals surface area contributed by atoms with Gasteiger partial charge in [0.15, 0.2) is 0 Å². The Morgan fingerprint density at radius 3 is 2.72 bits per heavy atom. The number of benzene rings is 1. The molecule has 2 N–H and O–H groups in total. The van der Waals surface area contributed by atoms with Crippen molar-refractivity contribution in [3.05, 3.63) is 54.0 Å². The van der Waals surface area contributed by atoms with E-state index in [1.807, 2.05) is 36.0 Å². The highest BCUT2D eigenvalue weighted by molar-refractivity contribution is 5.95. The normalized spacial score (nSPS) is 14.1. The van der Waals surface area contributed by atoms with Gasteiger partial charge in [0.25, 0.3) is 5.91 Å². The van der Waals surface area contributed by atoms with Gasteiger partial charge in [-0.3, -0.25) is 9.48 Å². The Balaban J connectivity index is 1.52. The van der Waals surface area contributed by atoms with E-state index in [0.29, 0.717) is 17.6 Å². The Morgan fingerprint density at radius 1 is 1.28 bits per heavy atom. The van der Waals surface area contributed by atoms with E-state index in [4.69, 9.17) is 5.26 Å². The van der Waals surface area contributed by atoms with Crippen molar-refractivity contribution in [3.8, 4) is 17.3 Å². The lowest BCUT2D eigenvalue weighted by molar-refractivity contribution is 0.0948. The van der Waals surface area contributed by atoms with Gasteiger partial charge in [0.2, 0.25) is 5.95 Å². The van der Waals surface area contributed by atoms with Gasteiger partial charge in [-0.05, 0) is 44.4 Å². The Bertz CT molecular complexity index is 1080. The molecule has 146 valence electrons. The molecule has 1 amide bonds. The average Bonchev–Trinajstić information content (AvgIpc) is 3.48. The van der Waals surface area contributed by atoms with Crippen LogP contribution in [0.5, 0.6) is 0 Å². The minimum Gasteiger partial charge on any atom is -0.337 e. The van der Waals surface area contributed by atoms with Crippen LogP contribution >= 0.6 is 0 Å². The van der Waals surface area contributed by atoms with E-state index in [0.717, 1.165) is 22.5 Å². The number of nitrogens with zero attached hydrogens (tertiary/aromatic N) is 5. The summed E-state index contributed by atoms with van der Waals surface area (Å²) in [7, 11) is 0. The van der Waals surface area contributed by atoms with Gasteiger partial charge < -0.3 is 10.6 Å². The van der Waals surface area contributed by atoms with Gasteiger partial charge in [-0.15, -0.1) is 0 Å². The lowest BCUT2D eigenvalue weighted by Crippen LogP contribution is -2.31. The largest absolute Gasteiger partial charge is 0.337 e. The molecule has 0 spiro atoms. The second-order valence-corrected chi connectivity index (χ2v) is 7.19. The summed E-state index contributed by atoms with van der Waals surface area (Å²) in [6.07, 6.45) is 7.86. The minimum absolute atomic E-state index is 0.278. The summed E-state index contributed by atoms with van der Waals surface area (Å²) in [5, 5.41) is 19.0. The number of carbonyl (C=O) groups excluding carboxylic acids is 1. The summed E-state index contributed by atoms with van der Waals surface area (Å²) < 4.78 is 1.97. The summed E-state index contributed by atoms with van der Waals surface area (Å²) in [6.45, 7) is 3.58. The Labute approximate surface area is 168 Å². The number of aromatic nitrogens is 4. The molecule has 4 rings (SSSR count). The van der Waals surface area contributed by atoms with E-state index >= 15 is 0 Å². The van der Waals surface area contributed by atoms with Crippen LogP contribution in [0, 0.1) is 18.3 Å². The van der Waals surface area contributed by atoms with Crippen molar-refractivity contribution in [2.75, 3.05) is 5.32 Å². The molecule has 3 aromatic rings. The fraction of sp³-hybridized carbons (Fsp3) is 0.286. The summed E-state index contributed by atoms with van der Waals surface area (Å²) in [4.78, 5) is 21.1. The lowest BCUT2D eigenvalue weighted by Gasteiger charge is -2.10. The van der Waals surface area contributed by atoms with Gasteiger partial charge in [-0.1, -0.05) is 12.1 Å². The fourth-order valence-corrected chi connectivity index (χ4v) is 2.96. The molecule has 29 heavy (non-hydrogen) atoms. The maximum atomic E-state index is 12.1. The minimum atomic E-state index is -0.538. The zero-order valence-corrected chi connectivity index (χ0v) is 16.3. The van der Waals surface area contributed by atoms with Crippen LogP contribution in [0.4, 0.5) is 11.6 Å². The number of anilines is 2. The first-order valence-electron chi connectivity index (χ1n) is 9.49. The maximum Gasteiger partial charge on any atom is 0.252 e. The second-order valence-electron chi connectivity index (χ2n) is 7.19. The van der Waals surface area contributed by atoms with Crippen LogP contribution in [0.15, 0.2) is 42.9 Å². The zero-order valence-electron chi connectivity index (χ0n) is 16.3. The van der Waals surface area contributed by atoms with E-state index < -0.39 is 6.04 Å². The number of hydrogen-bond donors (Lipinski definition) is 2. The highest BCUT2D eigenvalue weighted by atomic mass is 16.1. The number of aryl methyl sites for hydroxylation is 1. The molecular weight excluding hydrogens is 366 g/mol. The molecule has 1 aromatic carbocycles. The summed E-state index contributed by atoms with van der Waals surface area (Å²) in [5.74, 6) is 0.214. The Kier molecular flexibility index (Phi) is 4.96. The van der Waals surface area contributed by atoms with Crippen molar-refractivity contribution in [1.82, 2.24) is 25.1 Å². The topological polar surface area (TPSA) is 109 Å². The first-order valence-corrected chi connectivity index (χ1v) is 9.49. The number of rotatable bonds is 6. The van der Waals surface area contributed by atoms with Crippen LogP contribution in [0.3, 0.4) is 0 Å². The molecule has 1 saturated carbocycles. The third kappa shape index (κ3) is 4.24. The number of amides is 1. The molecule has 1 atom stereocenters. The predicted molar refractivity (Wildman–Crippen MR) is 109 cm³/mol. The first kappa shape index (κ1) is 18.6. The van der Waals surface area contributed by atoms with Crippen LogP contribution in [0.25, 0.3) is 11.3 Å². The third-order valence-corrected chi connectivity index (χ3v) is 4.71. The van der Waals surface area contributed by atoms with Crippen molar-refractivity contribution in [2.45, 2.75) is 38.8 Å². The molecule has 2 aromatic heterocycles. The SMILES string of the molecule is Cc1cnc(Nc2cnn(C3CC3)c2)nc1-c1ccc(C(=O)NC(C)C#N)cc1. The molecule has 0 saturated heterocycles. The van der Waals surface area contributed by atoms with Crippen molar-refractivity contribution in [1.29, 1.82) is 5.26 Å². The molecule has 1 aliphatic carbocycles. The van der Waals surface area contributed by atoms with Crippen molar-refractivity contribution in [2.24, 2.45) is 0 Å². The standard InChI is InChI=1S/C21H21N7O/c1-13-10-23-21(26-17-11-24-28(12-17)18-7-8-18)27-19(13)15-3-5-16(6-4-15)20(29)25-14(2)9-22/h3-6,10-12,14,18H,7-8H2,1-2H3,(H,25,29)(H,23,26,27). The van der Waals surface area contributed by atoms with Crippen LogP contribution in [-0.4, -0.2) is 31.7 Å². The Hall–Kier alpha value is -3.73. The smallest absolute Gasteiger partial charge is 0.252 e. The zero-order chi connectivity index (χ0) is 20.4. The summed E-state index contributed by atoms with van der Waals surface area (Å²) >= 11 is 0. The Morgan fingerprint density at radius 2 is 2.03 bits per heavy atom. The highest BCUT2D eigenvalue weighted by Gasteiger charge is 2.24. The van der Waals surface area contributed by atoms with E-state index in [1.54, 1.807) is 31.5 Å². The van der Waals surface area contributed by atoms with Crippen molar-refractivity contribution in [3.63, 3.8) is 0 Å². The van der Waals surface area contributed by atoms with Gasteiger partial charge in [-0.2, -0.15) is 10.4 Å². The quantitative estimate of drug-likeness (QED) is 0.671. The van der Waals surface area contributed by atoms with Gasteiger partial charge >= 0.3 is 0 Å². The average molecular weight is 387 g/mol. The number of carbonyl (C=O) groups is 1. The van der Waals surface area contributed by atoms with E-state index in [1.165, 1.54) is 12.8 Å². The van der Waals surface area contributed by atoms with Crippen LogP contribution in [0.1, 0.15) is 41.7 Å². The third-order valence-electron chi connectivity index (χ3n) is 4.71. The summed E-state index contributed by atoms with van der Waals surface area (Å²) in [5.41, 5.74) is 3.94. The van der Waals surface area contributed by atoms with E-state index in [2.05, 4.69) is 25.7 Å². The molecule has 0 bridgehead atoms. The maximum absolute atomic E-state index is 12.1. The number of hydrogen-bond acceptors (Lipinski definition) is 6. The molecule has 1 aliphatic rings. The van der Waals surface area contributed by atoms with Crippen molar-refractivity contribution >= 4 is 17.5 Å². The fourth-order valence-electron chi connectivity index (χ4n) is 2.96. The number of nitrogens with one attached hydrogen (secondary N) is 2. The first-order chi connectivity index (χ1) is 14.0. The molecule has 0 radical (unpaired) electrons. The van der Waals surface area contributed by atoms with Gasteiger partial charge in [0.05, 0.1) is 29.7 Å². The lowest BCUT2D eigenvalue weighted by atomic mass is 10.1. The highest BCUT2D eigenvalue weighted by Crippen LogP contribution is 2.34. The molecular formula is C21H21N7O. The van der Waals surface area contributed by atoms with Gasteiger partial charge in [0, 0.05) is 23.5 Å². The van der Waals surface area contributed by atoms with Crippen LogP contribution in [-0.2, 0) is 0 Å². The van der Waals surface area contributed by atoms with Gasteiger partial charge in [-0.25, -0.2) is 9.97 Å². The van der Waals surface area contributed by atoms with Crippen LogP contribution < -0.4 is 10.6 Å². The molecule has 8 nitrogen and oxygen atoms in total. The monoisotopic (exact) mass is 387 g/mol. The van der Waals surface area contributed by atoms with E-state index in [9.17, 15) is 4.79 Å². The molecule has 1 fully saturated rings. The number of nitriles is 1. The second kappa shape index (κ2) is 7.72. The summed E-state index contributed by atoms with van der Waals surface area (Å²) in [6, 6.07) is 9.11.